The van der Waals surface area contributed by atoms with Gasteiger partial charge in [-0.15, -0.1) is 0 Å². The number of carboxylic acid groups (broad SMARTS) is 1. The minimum absolute atomic E-state index is 0.256. The van der Waals surface area contributed by atoms with E-state index in [0.717, 1.165) is 19.3 Å². The summed E-state index contributed by atoms with van der Waals surface area (Å²) in [7, 11) is 0. The van der Waals surface area contributed by atoms with Crippen LogP contribution >= 0.6 is 11.6 Å². The lowest BCUT2D eigenvalue weighted by Gasteiger charge is -2.47. The standard InChI is InChI=1S/C14H18ClN3O2/c15-12-7-16-8-13(17-12)18-10-4-2-1-3-9(10)5-6-11(18)14(19)20/h7-11H,1-6H2,(H,19,20). The lowest BCUT2D eigenvalue weighted by atomic mass is 9.76. The molecule has 1 saturated carbocycles. The molecule has 3 unspecified atom stereocenters. The van der Waals surface area contributed by atoms with Gasteiger partial charge in [0.15, 0.2) is 0 Å². The van der Waals surface area contributed by atoms with E-state index in [4.69, 9.17) is 11.6 Å². The van der Waals surface area contributed by atoms with Crippen molar-refractivity contribution in [3.8, 4) is 0 Å². The summed E-state index contributed by atoms with van der Waals surface area (Å²) in [4.78, 5) is 21.9. The minimum atomic E-state index is -0.782. The molecule has 0 spiro atoms. The van der Waals surface area contributed by atoms with Crippen molar-refractivity contribution in [2.45, 2.75) is 50.6 Å². The molecule has 2 aliphatic rings. The van der Waals surface area contributed by atoms with Crippen LogP contribution in [0.1, 0.15) is 38.5 Å². The number of aliphatic carboxylic acids is 1. The van der Waals surface area contributed by atoms with E-state index in [1.54, 1.807) is 6.20 Å². The van der Waals surface area contributed by atoms with Gasteiger partial charge in [-0.2, -0.15) is 0 Å². The van der Waals surface area contributed by atoms with Crippen molar-refractivity contribution in [3.05, 3.63) is 17.5 Å². The Hall–Kier alpha value is -1.36. The molecule has 0 aromatic carbocycles. The van der Waals surface area contributed by atoms with Gasteiger partial charge < -0.3 is 10.0 Å². The van der Waals surface area contributed by atoms with E-state index in [0.29, 0.717) is 23.3 Å². The summed E-state index contributed by atoms with van der Waals surface area (Å²) >= 11 is 5.92. The van der Waals surface area contributed by atoms with Crippen molar-refractivity contribution in [2.24, 2.45) is 5.92 Å². The highest BCUT2D eigenvalue weighted by atomic mass is 35.5. The molecule has 2 fully saturated rings. The molecule has 1 aliphatic carbocycles. The second-order valence-electron chi connectivity index (χ2n) is 5.65. The number of hydrogen-bond donors (Lipinski definition) is 1. The topological polar surface area (TPSA) is 66.3 Å². The van der Waals surface area contributed by atoms with Gasteiger partial charge in [0, 0.05) is 6.04 Å². The molecule has 2 heterocycles. The quantitative estimate of drug-likeness (QED) is 0.909. The van der Waals surface area contributed by atoms with Gasteiger partial charge in [0.25, 0.3) is 0 Å². The van der Waals surface area contributed by atoms with E-state index < -0.39 is 12.0 Å². The van der Waals surface area contributed by atoms with Crippen LogP contribution in [0.3, 0.4) is 0 Å². The number of rotatable bonds is 2. The predicted molar refractivity (Wildman–Crippen MR) is 75.9 cm³/mol. The van der Waals surface area contributed by atoms with E-state index >= 15 is 0 Å². The van der Waals surface area contributed by atoms with Crippen molar-refractivity contribution in [1.29, 1.82) is 0 Å². The van der Waals surface area contributed by atoms with Gasteiger partial charge in [-0.3, -0.25) is 4.98 Å². The van der Waals surface area contributed by atoms with Gasteiger partial charge in [0.1, 0.15) is 17.0 Å². The van der Waals surface area contributed by atoms with Crippen molar-refractivity contribution < 1.29 is 9.90 Å². The van der Waals surface area contributed by atoms with E-state index in [-0.39, 0.29) is 6.04 Å². The first-order chi connectivity index (χ1) is 9.66. The van der Waals surface area contributed by atoms with Gasteiger partial charge in [-0.25, -0.2) is 9.78 Å². The number of carbonyl (C=O) groups is 1. The highest BCUT2D eigenvalue weighted by Crippen LogP contribution is 2.39. The van der Waals surface area contributed by atoms with Crippen LogP contribution in [0.4, 0.5) is 5.82 Å². The van der Waals surface area contributed by atoms with Crippen LogP contribution in [0.5, 0.6) is 0 Å². The highest BCUT2D eigenvalue weighted by Gasteiger charge is 2.42. The molecule has 3 atom stereocenters. The Morgan fingerprint density at radius 1 is 1.25 bits per heavy atom. The lowest BCUT2D eigenvalue weighted by Crippen LogP contribution is -2.55. The maximum Gasteiger partial charge on any atom is 0.326 e. The monoisotopic (exact) mass is 295 g/mol. The van der Waals surface area contributed by atoms with Crippen molar-refractivity contribution >= 4 is 23.4 Å². The van der Waals surface area contributed by atoms with E-state index in [1.165, 1.54) is 19.0 Å². The maximum absolute atomic E-state index is 11.6. The fourth-order valence-electron chi connectivity index (χ4n) is 3.66. The number of piperidine rings is 1. The molecular formula is C14H18ClN3O2. The van der Waals surface area contributed by atoms with Crippen LogP contribution in [0.15, 0.2) is 12.4 Å². The Morgan fingerprint density at radius 3 is 2.80 bits per heavy atom. The van der Waals surface area contributed by atoms with Crippen LogP contribution < -0.4 is 4.90 Å². The van der Waals surface area contributed by atoms with Gasteiger partial charge in [-0.1, -0.05) is 24.4 Å². The minimum Gasteiger partial charge on any atom is -0.480 e. The highest BCUT2D eigenvalue weighted by molar-refractivity contribution is 6.29. The van der Waals surface area contributed by atoms with Crippen molar-refractivity contribution in [2.75, 3.05) is 4.90 Å². The summed E-state index contributed by atoms with van der Waals surface area (Å²) in [6, 6.07) is -0.256. The summed E-state index contributed by atoms with van der Waals surface area (Å²) in [6.07, 6.45) is 9.37. The van der Waals surface area contributed by atoms with Crippen LogP contribution in [-0.2, 0) is 4.79 Å². The average molecular weight is 296 g/mol. The summed E-state index contributed by atoms with van der Waals surface area (Å²) < 4.78 is 0. The number of hydrogen-bond acceptors (Lipinski definition) is 4. The van der Waals surface area contributed by atoms with E-state index in [1.807, 2.05) is 4.90 Å². The van der Waals surface area contributed by atoms with Crippen LogP contribution in [0.2, 0.25) is 5.15 Å². The van der Waals surface area contributed by atoms with Crippen LogP contribution in [-0.4, -0.2) is 33.1 Å². The van der Waals surface area contributed by atoms with Gasteiger partial charge in [-0.05, 0) is 31.6 Å². The normalized spacial score (nSPS) is 29.9. The lowest BCUT2D eigenvalue weighted by molar-refractivity contribution is -0.139. The zero-order valence-electron chi connectivity index (χ0n) is 11.2. The number of fused-ring (bicyclic) bond motifs is 1. The third-order valence-corrected chi connectivity index (χ3v) is 4.70. The zero-order valence-corrected chi connectivity index (χ0v) is 12.0. The fourth-order valence-corrected chi connectivity index (χ4v) is 3.81. The molecule has 0 amide bonds. The van der Waals surface area contributed by atoms with Crippen LogP contribution in [0, 0.1) is 5.92 Å². The molecule has 5 nitrogen and oxygen atoms in total. The third kappa shape index (κ3) is 2.46. The molecule has 1 aliphatic heterocycles. The Bertz CT molecular complexity index is 511. The Kier molecular flexibility index (Phi) is 3.78. The second-order valence-corrected chi connectivity index (χ2v) is 6.04. The largest absolute Gasteiger partial charge is 0.480 e. The van der Waals surface area contributed by atoms with Gasteiger partial charge in [0.05, 0.1) is 12.4 Å². The molecule has 1 aromatic rings. The van der Waals surface area contributed by atoms with Gasteiger partial charge in [0.2, 0.25) is 0 Å². The maximum atomic E-state index is 11.6. The molecule has 0 bridgehead atoms. The summed E-state index contributed by atoms with van der Waals surface area (Å²) in [5.41, 5.74) is 0. The Labute approximate surface area is 123 Å². The molecule has 20 heavy (non-hydrogen) atoms. The van der Waals surface area contributed by atoms with Crippen molar-refractivity contribution in [1.82, 2.24) is 9.97 Å². The number of aromatic nitrogens is 2. The first kappa shape index (κ1) is 13.6. The molecule has 1 saturated heterocycles. The average Bonchev–Trinajstić information content (AvgIpc) is 2.46. The van der Waals surface area contributed by atoms with E-state index in [9.17, 15) is 9.90 Å². The SMILES string of the molecule is O=C(O)C1CCC2CCCCC2N1c1cncc(Cl)n1. The molecule has 0 radical (unpaired) electrons. The number of nitrogens with zero attached hydrogens (tertiary/aromatic N) is 3. The molecule has 1 N–H and O–H groups in total. The summed E-state index contributed by atoms with van der Waals surface area (Å²) in [5, 5.41) is 9.82. The van der Waals surface area contributed by atoms with Gasteiger partial charge >= 0.3 is 5.97 Å². The zero-order chi connectivity index (χ0) is 14.1. The first-order valence-electron chi connectivity index (χ1n) is 7.15. The fraction of sp³-hybridized carbons (Fsp3) is 0.643. The summed E-state index contributed by atoms with van der Waals surface area (Å²) in [6.45, 7) is 0. The van der Waals surface area contributed by atoms with E-state index in [2.05, 4.69) is 9.97 Å². The number of halogens is 1. The molecule has 108 valence electrons. The molecular weight excluding hydrogens is 278 g/mol. The molecule has 1 aromatic heterocycles. The van der Waals surface area contributed by atoms with Crippen molar-refractivity contribution in [3.63, 3.8) is 0 Å². The Balaban J connectivity index is 1.97. The summed E-state index contributed by atoms with van der Waals surface area (Å²) in [5.74, 6) is 0.387. The number of carboxylic acids is 1. The first-order valence-corrected chi connectivity index (χ1v) is 7.53. The Morgan fingerprint density at radius 2 is 2.05 bits per heavy atom. The van der Waals surface area contributed by atoms with Crippen LogP contribution in [0.25, 0.3) is 0 Å². The second kappa shape index (κ2) is 5.56. The number of anilines is 1. The smallest absolute Gasteiger partial charge is 0.326 e. The predicted octanol–water partition coefficient (Wildman–Crippen LogP) is 2.74. The third-order valence-electron chi connectivity index (χ3n) is 4.51. The molecule has 6 heteroatoms. The molecule has 3 rings (SSSR count).